The average Bonchev–Trinajstić information content (AvgIpc) is 2.90. The fourth-order valence-electron chi connectivity index (χ4n) is 2.62. The zero-order valence-corrected chi connectivity index (χ0v) is 15.3. The molecule has 0 radical (unpaired) electrons. The molecule has 2 aromatic heterocycles. The predicted molar refractivity (Wildman–Crippen MR) is 101 cm³/mol. The fraction of sp³-hybridized carbons (Fsp3) is 0.278. The molecule has 0 saturated carbocycles. The van der Waals surface area contributed by atoms with Crippen molar-refractivity contribution < 1.29 is 9.15 Å². The van der Waals surface area contributed by atoms with Crippen LogP contribution >= 0.6 is 23.2 Å². The first kappa shape index (κ1) is 18.0. The molecule has 0 bridgehead atoms. The zero-order valence-electron chi connectivity index (χ0n) is 13.8. The van der Waals surface area contributed by atoms with Crippen LogP contribution in [-0.4, -0.2) is 24.7 Å². The molecule has 1 aromatic carbocycles. The van der Waals surface area contributed by atoms with E-state index < -0.39 is 0 Å². The number of anilines is 1. The van der Waals surface area contributed by atoms with Gasteiger partial charge in [-0.25, -0.2) is 4.98 Å². The fourth-order valence-corrected chi connectivity index (χ4v) is 3.06. The maximum Gasteiger partial charge on any atom is 0.177 e. The molecule has 2 heterocycles. The normalized spacial score (nSPS) is 12.5. The van der Waals surface area contributed by atoms with Crippen LogP contribution in [0, 0.1) is 0 Å². The number of nitrogens with one attached hydrogen (secondary N) is 1. The summed E-state index contributed by atoms with van der Waals surface area (Å²) in [7, 11) is 1.60. The van der Waals surface area contributed by atoms with Crippen LogP contribution in [0.15, 0.2) is 40.8 Å². The van der Waals surface area contributed by atoms with Crippen molar-refractivity contribution in [2.45, 2.75) is 19.0 Å². The Labute approximate surface area is 156 Å². The Kier molecular flexibility index (Phi) is 5.81. The van der Waals surface area contributed by atoms with Crippen LogP contribution in [0.25, 0.3) is 11.1 Å². The first-order valence-corrected chi connectivity index (χ1v) is 8.63. The van der Waals surface area contributed by atoms with Crippen molar-refractivity contribution in [3.05, 3.63) is 57.9 Å². The van der Waals surface area contributed by atoms with E-state index in [-0.39, 0.29) is 6.04 Å². The van der Waals surface area contributed by atoms with Gasteiger partial charge in [-0.15, -0.1) is 0 Å². The van der Waals surface area contributed by atoms with E-state index in [4.69, 9.17) is 38.1 Å². The second kappa shape index (κ2) is 8.06. The number of rotatable bonds is 7. The summed E-state index contributed by atoms with van der Waals surface area (Å²) in [5.41, 5.74) is 8.99. The van der Waals surface area contributed by atoms with Crippen LogP contribution in [0.5, 0.6) is 0 Å². The Morgan fingerprint density at radius 3 is 2.76 bits per heavy atom. The van der Waals surface area contributed by atoms with Gasteiger partial charge in [-0.2, -0.15) is 0 Å². The number of halogens is 2. The molecule has 1 atom stereocenters. The molecule has 3 aromatic rings. The molecule has 0 aliphatic carbocycles. The highest BCUT2D eigenvalue weighted by Crippen LogP contribution is 2.36. The van der Waals surface area contributed by atoms with Crippen LogP contribution in [-0.2, 0) is 17.7 Å². The largest absolute Gasteiger partial charge is 0.455 e. The number of nitrogens with two attached hydrogens (primary N) is 1. The molecule has 0 aliphatic rings. The minimum Gasteiger partial charge on any atom is -0.455 e. The lowest BCUT2D eigenvalue weighted by Gasteiger charge is -2.08. The van der Waals surface area contributed by atoms with Gasteiger partial charge < -0.3 is 20.2 Å². The highest BCUT2D eigenvalue weighted by atomic mass is 35.5. The molecular formula is C18H19Cl2N3O2. The monoisotopic (exact) mass is 379 g/mol. The maximum absolute atomic E-state index is 6.42. The minimum absolute atomic E-state index is 0.209. The van der Waals surface area contributed by atoms with E-state index >= 15 is 0 Å². The van der Waals surface area contributed by atoms with E-state index in [1.807, 2.05) is 30.3 Å². The number of benzene rings is 1. The molecular weight excluding hydrogens is 361 g/mol. The van der Waals surface area contributed by atoms with Crippen LogP contribution < -0.4 is 11.1 Å². The van der Waals surface area contributed by atoms with Crippen LogP contribution in [0.1, 0.15) is 11.3 Å². The van der Waals surface area contributed by atoms with Crippen molar-refractivity contribution >= 4 is 40.0 Å². The molecule has 0 amide bonds. The summed E-state index contributed by atoms with van der Waals surface area (Å²) >= 11 is 12.6. The third-order valence-corrected chi connectivity index (χ3v) is 4.36. The van der Waals surface area contributed by atoms with Crippen molar-refractivity contribution in [2.75, 3.05) is 19.0 Å². The van der Waals surface area contributed by atoms with E-state index in [2.05, 4.69) is 10.3 Å². The summed E-state index contributed by atoms with van der Waals surface area (Å²) in [5.74, 6) is 0.582. The van der Waals surface area contributed by atoms with Gasteiger partial charge >= 0.3 is 0 Å². The topological polar surface area (TPSA) is 73.3 Å². The molecule has 3 N–H and O–H groups in total. The summed E-state index contributed by atoms with van der Waals surface area (Å²) in [4.78, 5) is 4.29. The van der Waals surface area contributed by atoms with Crippen molar-refractivity contribution in [3.8, 4) is 0 Å². The third kappa shape index (κ3) is 4.25. The smallest absolute Gasteiger partial charge is 0.177 e. The number of methoxy groups -OCH3 is 1. The Bertz CT molecular complexity index is 852. The van der Waals surface area contributed by atoms with Crippen molar-refractivity contribution in [2.24, 2.45) is 5.73 Å². The van der Waals surface area contributed by atoms with Gasteiger partial charge in [0, 0.05) is 32.2 Å². The van der Waals surface area contributed by atoms with Crippen LogP contribution in [0.3, 0.4) is 0 Å². The molecule has 3 rings (SSSR count). The second-order valence-corrected chi connectivity index (χ2v) is 6.53. The summed E-state index contributed by atoms with van der Waals surface area (Å²) in [5, 5.41) is 4.11. The van der Waals surface area contributed by atoms with Gasteiger partial charge in [0.2, 0.25) is 0 Å². The summed E-state index contributed by atoms with van der Waals surface area (Å²) in [6.07, 6.45) is 0.457. The highest BCUT2D eigenvalue weighted by molar-refractivity contribution is 6.36. The van der Waals surface area contributed by atoms with Crippen molar-refractivity contribution in [1.82, 2.24) is 4.98 Å². The number of fused-ring (bicyclic) bond motifs is 1. The predicted octanol–water partition coefficient (Wildman–Crippen LogP) is 4.26. The lowest BCUT2D eigenvalue weighted by molar-refractivity contribution is 0.178. The number of hydrogen-bond donors (Lipinski definition) is 2. The van der Waals surface area contributed by atoms with Gasteiger partial charge in [0.25, 0.3) is 0 Å². The van der Waals surface area contributed by atoms with Crippen LogP contribution in [0.4, 0.5) is 5.69 Å². The molecule has 132 valence electrons. The Morgan fingerprint density at radius 1 is 1.28 bits per heavy atom. The van der Waals surface area contributed by atoms with Gasteiger partial charge in [-0.05, 0) is 5.56 Å². The first-order valence-electron chi connectivity index (χ1n) is 7.88. The maximum atomic E-state index is 6.42. The van der Waals surface area contributed by atoms with Gasteiger partial charge in [0.15, 0.2) is 5.58 Å². The lowest BCUT2D eigenvalue weighted by atomic mass is 10.2. The molecule has 25 heavy (non-hydrogen) atoms. The number of nitrogens with zero attached hydrogens (tertiary/aromatic N) is 1. The Morgan fingerprint density at radius 2 is 2.04 bits per heavy atom. The molecule has 0 fully saturated rings. The van der Waals surface area contributed by atoms with E-state index in [9.17, 15) is 0 Å². The number of pyridine rings is 1. The number of furan rings is 1. The highest BCUT2D eigenvalue weighted by Gasteiger charge is 2.19. The first-order chi connectivity index (χ1) is 12.1. The summed E-state index contributed by atoms with van der Waals surface area (Å²) in [6.45, 7) is 1.05. The van der Waals surface area contributed by atoms with Crippen molar-refractivity contribution in [1.29, 1.82) is 0 Å². The number of hydrogen-bond acceptors (Lipinski definition) is 5. The molecule has 0 saturated heterocycles. The van der Waals surface area contributed by atoms with Crippen molar-refractivity contribution in [3.63, 3.8) is 0 Å². The van der Waals surface area contributed by atoms with E-state index in [0.717, 1.165) is 11.3 Å². The summed E-state index contributed by atoms with van der Waals surface area (Å²) in [6, 6.07) is 11.6. The molecule has 0 unspecified atom stereocenters. The third-order valence-electron chi connectivity index (χ3n) is 3.77. The quantitative estimate of drug-likeness (QED) is 0.599. The molecule has 0 aliphatic heterocycles. The SMILES string of the molecule is COC[C@H](N)Cc1oc2c(NCc3ccccc3)cc(Cl)nc2c1Cl. The molecule has 7 heteroatoms. The van der Waals surface area contributed by atoms with Gasteiger partial charge in [-0.3, -0.25) is 0 Å². The minimum atomic E-state index is -0.209. The van der Waals surface area contributed by atoms with E-state index in [0.29, 0.717) is 46.6 Å². The lowest BCUT2D eigenvalue weighted by Crippen LogP contribution is -2.27. The van der Waals surface area contributed by atoms with Gasteiger partial charge in [0.05, 0.1) is 12.3 Å². The number of ether oxygens (including phenoxy) is 1. The van der Waals surface area contributed by atoms with E-state index in [1.54, 1.807) is 13.2 Å². The standard InChI is InChI=1S/C18H19Cl2N3O2/c1-24-10-12(21)7-14-16(20)17-18(25-14)13(8-15(19)23-17)22-9-11-5-3-2-4-6-11/h2-6,8,12H,7,9-10,21H2,1H3,(H,22,23)/t12-/m1/s1. The second-order valence-electron chi connectivity index (χ2n) is 5.77. The Balaban J connectivity index is 1.90. The van der Waals surface area contributed by atoms with E-state index in [1.165, 1.54) is 0 Å². The summed E-state index contributed by atoms with van der Waals surface area (Å²) < 4.78 is 11.0. The molecule has 0 spiro atoms. The zero-order chi connectivity index (χ0) is 17.8. The van der Waals surface area contributed by atoms with Crippen LogP contribution in [0.2, 0.25) is 10.2 Å². The average molecular weight is 380 g/mol. The Hall–Kier alpha value is -1.79. The molecule has 5 nitrogen and oxygen atoms in total. The van der Waals surface area contributed by atoms with Gasteiger partial charge in [0.1, 0.15) is 21.5 Å². The van der Waals surface area contributed by atoms with Gasteiger partial charge in [-0.1, -0.05) is 53.5 Å². The number of aromatic nitrogens is 1.